The van der Waals surface area contributed by atoms with E-state index in [4.69, 9.17) is 11.6 Å². The summed E-state index contributed by atoms with van der Waals surface area (Å²) in [5.41, 5.74) is 0.514. The van der Waals surface area contributed by atoms with E-state index in [1.807, 2.05) is 0 Å². The van der Waals surface area contributed by atoms with Crippen molar-refractivity contribution in [1.29, 1.82) is 0 Å². The third-order valence-corrected chi connectivity index (χ3v) is 7.33. The fourth-order valence-corrected chi connectivity index (χ4v) is 5.98. The van der Waals surface area contributed by atoms with Crippen molar-refractivity contribution in [2.45, 2.75) is 12.8 Å². The van der Waals surface area contributed by atoms with Crippen LogP contribution in [-0.2, 0) is 14.4 Å². The van der Waals surface area contributed by atoms with Crippen molar-refractivity contribution < 1.29 is 14.4 Å². The van der Waals surface area contributed by atoms with Crippen molar-refractivity contribution in [1.82, 2.24) is 4.90 Å². The fraction of sp³-hybridized carbons (Fsp3) is 0.450. The zero-order valence-electron chi connectivity index (χ0n) is 14.4. The first kappa shape index (κ1) is 17.4. The molecule has 0 unspecified atom stereocenters. The summed E-state index contributed by atoms with van der Waals surface area (Å²) in [6.45, 7) is 0.124. The summed E-state index contributed by atoms with van der Waals surface area (Å²) in [5.74, 6) is 0.720. The number of hydrogen-bond acceptors (Lipinski definition) is 3. The highest BCUT2D eigenvalue weighted by molar-refractivity contribution is 9.10. The Labute approximate surface area is 170 Å². The van der Waals surface area contributed by atoms with Crippen LogP contribution in [0, 0.1) is 35.5 Å². The molecule has 0 spiro atoms. The number of benzene rings is 1. The number of nitrogens with one attached hydrogen (secondary N) is 1. The van der Waals surface area contributed by atoms with E-state index in [9.17, 15) is 14.4 Å². The average Bonchev–Trinajstić information content (AvgIpc) is 3.41. The Bertz CT molecular complexity index is 865. The van der Waals surface area contributed by atoms with E-state index in [0.717, 1.165) is 10.9 Å². The lowest BCUT2D eigenvalue weighted by Gasteiger charge is -2.37. The molecule has 1 saturated heterocycles. The number of carbonyl (C=O) groups is 3. The first-order valence-electron chi connectivity index (χ1n) is 9.24. The van der Waals surface area contributed by atoms with E-state index in [1.54, 1.807) is 18.2 Å². The second-order valence-electron chi connectivity index (χ2n) is 7.91. The molecule has 3 amide bonds. The van der Waals surface area contributed by atoms with Gasteiger partial charge < -0.3 is 5.32 Å². The molecule has 6 rings (SSSR count). The summed E-state index contributed by atoms with van der Waals surface area (Å²) in [6, 6.07) is 5.19. The van der Waals surface area contributed by atoms with Crippen LogP contribution < -0.4 is 5.32 Å². The Morgan fingerprint density at radius 3 is 2.37 bits per heavy atom. The molecular weight excluding hydrogens is 432 g/mol. The summed E-state index contributed by atoms with van der Waals surface area (Å²) < 4.78 is 0.822. The lowest BCUT2D eigenvalue weighted by atomic mass is 9.63. The molecule has 4 aliphatic carbocycles. The molecule has 27 heavy (non-hydrogen) atoms. The third kappa shape index (κ3) is 2.68. The molecule has 1 N–H and O–H groups in total. The lowest BCUT2D eigenvalue weighted by molar-refractivity contribution is -0.140. The van der Waals surface area contributed by atoms with Crippen LogP contribution in [-0.4, -0.2) is 29.2 Å². The number of rotatable bonds is 4. The molecule has 6 atom stereocenters. The summed E-state index contributed by atoms with van der Waals surface area (Å²) in [7, 11) is 0. The highest BCUT2D eigenvalue weighted by Gasteiger charge is 2.66. The highest BCUT2D eigenvalue weighted by atomic mass is 79.9. The molecule has 2 bridgehead atoms. The van der Waals surface area contributed by atoms with Gasteiger partial charge in [0.05, 0.1) is 22.5 Å². The van der Waals surface area contributed by atoms with E-state index in [2.05, 4.69) is 33.4 Å². The fourth-order valence-electron chi connectivity index (χ4n) is 5.26. The third-order valence-electron chi connectivity index (χ3n) is 6.52. The summed E-state index contributed by atoms with van der Waals surface area (Å²) >= 11 is 9.44. The summed E-state index contributed by atoms with van der Waals surface area (Å²) in [4.78, 5) is 39.4. The van der Waals surface area contributed by atoms with E-state index < -0.39 is 0 Å². The zero-order valence-corrected chi connectivity index (χ0v) is 16.7. The van der Waals surface area contributed by atoms with Gasteiger partial charge in [-0.25, -0.2) is 0 Å². The number of likely N-dealkylation sites (tertiary alicyclic amines) is 1. The lowest BCUT2D eigenvalue weighted by Crippen LogP contribution is -2.40. The normalized spacial score (nSPS) is 35.3. The summed E-state index contributed by atoms with van der Waals surface area (Å²) in [6.07, 6.45) is 5.51. The van der Waals surface area contributed by atoms with Crippen LogP contribution in [0.3, 0.4) is 0 Å². The highest BCUT2D eigenvalue weighted by Crippen LogP contribution is 2.65. The van der Waals surface area contributed by atoms with Crippen LogP contribution in [0.15, 0.2) is 34.8 Å². The van der Waals surface area contributed by atoms with Crippen molar-refractivity contribution in [3.8, 4) is 0 Å². The van der Waals surface area contributed by atoms with Crippen LogP contribution in [0.4, 0.5) is 5.69 Å². The topological polar surface area (TPSA) is 66.5 Å². The van der Waals surface area contributed by atoms with Gasteiger partial charge in [-0.15, -0.1) is 0 Å². The standard InChI is InChI=1S/C20H18BrClN2O3/c21-9-1-4-15(14(22)7-9)23-16(25)5-6-24-19(26)17-10-2-3-11(13-8-12(10)13)18(17)20(24)27/h1-4,7,10-13,17-18H,5-6,8H2,(H,23,25)/t10-,11-,12-,13+,17+,18+/m0/s1. The average molecular weight is 450 g/mol. The molecule has 0 radical (unpaired) electrons. The number of imide groups is 1. The van der Waals surface area contributed by atoms with Crippen LogP contribution in [0.25, 0.3) is 0 Å². The monoisotopic (exact) mass is 448 g/mol. The molecule has 5 aliphatic rings. The van der Waals surface area contributed by atoms with Gasteiger partial charge in [0.15, 0.2) is 0 Å². The van der Waals surface area contributed by atoms with Gasteiger partial charge in [-0.1, -0.05) is 39.7 Å². The summed E-state index contributed by atoms with van der Waals surface area (Å²) in [5, 5.41) is 3.17. The maximum Gasteiger partial charge on any atom is 0.233 e. The van der Waals surface area contributed by atoms with E-state index in [-0.39, 0.29) is 54.4 Å². The van der Waals surface area contributed by atoms with Gasteiger partial charge in [-0.2, -0.15) is 0 Å². The van der Waals surface area contributed by atoms with Gasteiger partial charge >= 0.3 is 0 Å². The van der Waals surface area contributed by atoms with Crippen molar-refractivity contribution in [2.75, 3.05) is 11.9 Å². The smallest absolute Gasteiger partial charge is 0.233 e. The van der Waals surface area contributed by atoms with Gasteiger partial charge in [-0.3, -0.25) is 19.3 Å². The number of allylic oxidation sites excluding steroid dienone is 2. The molecule has 7 heteroatoms. The molecule has 2 saturated carbocycles. The molecule has 1 aliphatic heterocycles. The minimum Gasteiger partial charge on any atom is -0.325 e. The minimum absolute atomic E-state index is 0.0684. The molecular formula is C20H18BrClN2O3. The van der Waals surface area contributed by atoms with Crippen molar-refractivity contribution >= 4 is 50.9 Å². The van der Waals surface area contributed by atoms with Crippen LogP contribution in [0.1, 0.15) is 12.8 Å². The molecule has 3 fully saturated rings. The number of halogens is 2. The Morgan fingerprint density at radius 1 is 1.15 bits per heavy atom. The second-order valence-corrected chi connectivity index (χ2v) is 9.23. The van der Waals surface area contributed by atoms with Gasteiger partial charge in [0.1, 0.15) is 0 Å². The number of anilines is 1. The molecule has 0 aromatic heterocycles. The quantitative estimate of drug-likeness (QED) is 0.565. The van der Waals surface area contributed by atoms with Crippen molar-refractivity contribution in [3.63, 3.8) is 0 Å². The first-order chi connectivity index (χ1) is 13.0. The van der Waals surface area contributed by atoms with Gasteiger partial charge in [0.25, 0.3) is 0 Å². The predicted octanol–water partition coefficient (Wildman–Crippen LogP) is 3.48. The van der Waals surface area contributed by atoms with E-state index >= 15 is 0 Å². The predicted molar refractivity (Wildman–Crippen MR) is 104 cm³/mol. The largest absolute Gasteiger partial charge is 0.325 e. The van der Waals surface area contributed by atoms with Crippen molar-refractivity contribution in [2.24, 2.45) is 35.5 Å². The number of hydrogen-bond donors (Lipinski definition) is 1. The molecule has 1 heterocycles. The SMILES string of the molecule is O=C(CCN1C(=O)[C@@H]2[C@H]3C=C[C@@H]([C@@H]4C[C@H]34)[C@H]2C1=O)Nc1ccc(Br)cc1Cl. The molecule has 5 nitrogen and oxygen atoms in total. The molecule has 1 aromatic carbocycles. The molecule has 140 valence electrons. The minimum atomic E-state index is -0.265. The Hall–Kier alpha value is -1.66. The van der Waals surface area contributed by atoms with Crippen molar-refractivity contribution in [3.05, 3.63) is 39.8 Å². The molecule has 1 aromatic rings. The zero-order chi connectivity index (χ0) is 18.9. The number of nitrogens with zero attached hydrogens (tertiary/aromatic N) is 1. The maximum atomic E-state index is 12.9. The van der Waals surface area contributed by atoms with Gasteiger partial charge in [0, 0.05) is 17.4 Å². The van der Waals surface area contributed by atoms with Gasteiger partial charge in [-0.05, 0) is 48.3 Å². The number of amides is 3. The Kier molecular flexibility index (Phi) is 3.99. The first-order valence-corrected chi connectivity index (χ1v) is 10.4. The Balaban J connectivity index is 1.25. The van der Waals surface area contributed by atoms with Crippen LogP contribution in [0.2, 0.25) is 5.02 Å². The van der Waals surface area contributed by atoms with Crippen LogP contribution in [0.5, 0.6) is 0 Å². The Morgan fingerprint density at radius 2 is 1.78 bits per heavy atom. The number of carbonyl (C=O) groups excluding carboxylic acids is 3. The second kappa shape index (κ2) is 6.17. The van der Waals surface area contributed by atoms with E-state index in [0.29, 0.717) is 22.5 Å². The van der Waals surface area contributed by atoms with E-state index in [1.165, 1.54) is 4.90 Å². The maximum absolute atomic E-state index is 12.9. The van der Waals surface area contributed by atoms with Crippen LogP contribution >= 0.6 is 27.5 Å². The van der Waals surface area contributed by atoms with Gasteiger partial charge in [0.2, 0.25) is 17.7 Å².